The van der Waals surface area contributed by atoms with Gasteiger partial charge in [-0.1, -0.05) is 0 Å². The van der Waals surface area contributed by atoms with E-state index < -0.39 is 0 Å². The van der Waals surface area contributed by atoms with Crippen LogP contribution in [0.3, 0.4) is 0 Å². The highest BCUT2D eigenvalue weighted by atomic mass is 19.1. The summed E-state index contributed by atoms with van der Waals surface area (Å²) in [7, 11) is 0. The van der Waals surface area contributed by atoms with Crippen molar-refractivity contribution in [3.8, 4) is 0 Å². The molecule has 0 amide bonds. The maximum Gasteiger partial charge on any atom is 0.124 e. The first-order chi connectivity index (χ1) is 9.13. The van der Waals surface area contributed by atoms with E-state index in [9.17, 15) is 4.39 Å². The van der Waals surface area contributed by atoms with Gasteiger partial charge in [0.2, 0.25) is 0 Å². The van der Waals surface area contributed by atoms with Crippen LogP contribution in [-0.4, -0.2) is 33.8 Å². The molecule has 0 radical (unpaired) electrons. The van der Waals surface area contributed by atoms with Crippen LogP contribution in [0.5, 0.6) is 0 Å². The lowest BCUT2D eigenvalue weighted by atomic mass is 10.0. The van der Waals surface area contributed by atoms with Crippen LogP contribution >= 0.6 is 0 Å². The fraction of sp³-hybridized carbons (Fsp3) is 0.533. The smallest absolute Gasteiger partial charge is 0.124 e. The maximum atomic E-state index is 13.2. The Morgan fingerprint density at radius 1 is 1.26 bits per heavy atom. The van der Waals surface area contributed by atoms with Crippen molar-refractivity contribution in [2.45, 2.75) is 38.8 Å². The molecule has 1 fully saturated rings. The first-order valence-corrected chi connectivity index (χ1v) is 7.02. The van der Waals surface area contributed by atoms with Gasteiger partial charge in [0.25, 0.3) is 0 Å². The Morgan fingerprint density at radius 2 is 2.00 bits per heavy atom. The Kier molecular flexibility index (Phi) is 3.27. The standard InChI is InChI=1S/C15H20FN3/c1-11(2)18-7-5-14(6-8-18)19-10-12-9-13(16)3-4-15(12)17-19/h3-4,9-11,14H,5-8H2,1-2H3. The van der Waals surface area contributed by atoms with Crippen molar-refractivity contribution < 1.29 is 4.39 Å². The third-order valence-electron chi connectivity index (χ3n) is 4.09. The summed E-state index contributed by atoms with van der Waals surface area (Å²) in [5, 5.41) is 5.47. The summed E-state index contributed by atoms with van der Waals surface area (Å²) in [5.41, 5.74) is 0.882. The van der Waals surface area contributed by atoms with E-state index in [1.54, 1.807) is 12.1 Å². The molecule has 2 aromatic rings. The molecule has 0 saturated carbocycles. The molecule has 0 atom stereocenters. The third-order valence-corrected chi connectivity index (χ3v) is 4.09. The highest BCUT2D eigenvalue weighted by Crippen LogP contribution is 2.25. The van der Waals surface area contributed by atoms with Gasteiger partial charge in [-0.05, 0) is 44.9 Å². The second kappa shape index (κ2) is 4.93. The van der Waals surface area contributed by atoms with Crippen LogP contribution in [0.2, 0.25) is 0 Å². The van der Waals surface area contributed by atoms with Crippen molar-refractivity contribution in [2.24, 2.45) is 0 Å². The molecule has 3 nitrogen and oxygen atoms in total. The maximum absolute atomic E-state index is 13.2. The Hall–Kier alpha value is -1.42. The van der Waals surface area contributed by atoms with Gasteiger partial charge in [0.15, 0.2) is 0 Å². The van der Waals surface area contributed by atoms with Gasteiger partial charge < -0.3 is 4.90 Å². The van der Waals surface area contributed by atoms with Gasteiger partial charge in [0.05, 0.1) is 11.6 Å². The van der Waals surface area contributed by atoms with Gasteiger partial charge in [-0.2, -0.15) is 5.10 Å². The molecule has 0 N–H and O–H groups in total. The van der Waals surface area contributed by atoms with E-state index in [0.717, 1.165) is 36.8 Å². The Balaban J connectivity index is 1.78. The van der Waals surface area contributed by atoms with E-state index >= 15 is 0 Å². The number of nitrogens with zero attached hydrogens (tertiary/aromatic N) is 3. The van der Waals surface area contributed by atoms with Crippen molar-refractivity contribution in [1.29, 1.82) is 0 Å². The summed E-state index contributed by atoms with van der Waals surface area (Å²) in [4.78, 5) is 2.50. The fourth-order valence-electron chi connectivity index (χ4n) is 2.87. The Bertz CT molecular complexity index is 568. The number of halogens is 1. The van der Waals surface area contributed by atoms with Crippen molar-refractivity contribution in [3.63, 3.8) is 0 Å². The van der Waals surface area contributed by atoms with E-state index in [1.165, 1.54) is 6.07 Å². The minimum absolute atomic E-state index is 0.193. The highest BCUT2D eigenvalue weighted by molar-refractivity contribution is 5.77. The zero-order valence-electron chi connectivity index (χ0n) is 11.5. The number of likely N-dealkylation sites (tertiary alicyclic amines) is 1. The summed E-state index contributed by atoms with van der Waals surface area (Å²) in [6.45, 7) is 6.72. The molecule has 102 valence electrons. The molecule has 4 heteroatoms. The predicted octanol–water partition coefficient (Wildman–Crippen LogP) is 3.22. The monoisotopic (exact) mass is 261 g/mol. The number of fused-ring (bicyclic) bond motifs is 1. The number of benzene rings is 1. The molecule has 3 rings (SSSR count). The van der Waals surface area contributed by atoms with E-state index in [1.807, 2.05) is 10.9 Å². The average molecular weight is 261 g/mol. The first kappa shape index (κ1) is 12.6. The highest BCUT2D eigenvalue weighted by Gasteiger charge is 2.22. The summed E-state index contributed by atoms with van der Waals surface area (Å²) >= 11 is 0. The zero-order chi connectivity index (χ0) is 13.4. The average Bonchev–Trinajstić information content (AvgIpc) is 2.81. The molecule has 19 heavy (non-hydrogen) atoms. The topological polar surface area (TPSA) is 21.1 Å². The molecule has 2 heterocycles. The minimum Gasteiger partial charge on any atom is -0.301 e. The Labute approximate surface area is 113 Å². The lowest BCUT2D eigenvalue weighted by Gasteiger charge is -2.34. The number of hydrogen-bond donors (Lipinski definition) is 0. The first-order valence-electron chi connectivity index (χ1n) is 7.02. The minimum atomic E-state index is -0.193. The normalized spacial score (nSPS) is 18.5. The summed E-state index contributed by atoms with van der Waals surface area (Å²) in [6, 6.07) is 5.85. The van der Waals surface area contributed by atoms with Crippen molar-refractivity contribution in [1.82, 2.24) is 14.7 Å². The van der Waals surface area contributed by atoms with Crippen LogP contribution in [0.1, 0.15) is 32.7 Å². The van der Waals surface area contributed by atoms with E-state index in [0.29, 0.717) is 12.1 Å². The van der Waals surface area contributed by atoms with Gasteiger partial charge >= 0.3 is 0 Å². The van der Waals surface area contributed by atoms with Crippen LogP contribution in [0.15, 0.2) is 24.4 Å². The molecule has 1 aliphatic rings. The zero-order valence-corrected chi connectivity index (χ0v) is 11.5. The number of hydrogen-bond acceptors (Lipinski definition) is 2. The molecule has 0 spiro atoms. The number of rotatable bonds is 2. The molecule has 0 aliphatic carbocycles. The molecule has 1 aromatic heterocycles. The number of aromatic nitrogens is 2. The number of piperidine rings is 1. The predicted molar refractivity (Wildman–Crippen MR) is 74.7 cm³/mol. The van der Waals surface area contributed by atoms with Crippen LogP contribution in [0.4, 0.5) is 4.39 Å². The lowest BCUT2D eigenvalue weighted by molar-refractivity contribution is 0.147. The van der Waals surface area contributed by atoms with Crippen molar-refractivity contribution in [3.05, 3.63) is 30.2 Å². The van der Waals surface area contributed by atoms with Gasteiger partial charge in [-0.25, -0.2) is 4.39 Å². The lowest BCUT2D eigenvalue weighted by Crippen LogP contribution is -2.39. The molecule has 1 saturated heterocycles. The second-order valence-corrected chi connectivity index (χ2v) is 5.67. The van der Waals surface area contributed by atoms with Crippen LogP contribution in [0.25, 0.3) is 10.9 Å². The third kappa shape index (κ3) is 2.50. The fourth-order valence-corrected chi connectivity index (χ4v) is 2.87. The molecular weight excluding hydrogens is 241 g/mol. The van der Waals surface area contributed by atoms with Gasteiger partial charge in [-0.3, -0.25) is 4.68 Å². The second-order valence-electron chi connectivity index (χ2n) is 5.67. The van der Waals surface area contributed by atoms with Crippen LogP contribution < -0.4 is 0 Å². The summed E-state index contributed by atoms with van der Waals surface area (Å²) in [6.07, 6.45) is 4.22. The molecule has 1 aliphatic heterocycles. The summed E-state index contributed by atoms with van der Waals surface area (Å²) < 4.78 is 15.2. The van der Waals surface area contributed by atoms with Crippen molar-refractivity contribution >= 4 is 10.9 Å². The summed E-state index contributed by atoms with van der Waals surface area (Å²) in [5.74, 6) is -0.193. The van der Waals surface area contributed by atoms with Crippen LogP contribution in [0, 0.1) is 5.82 Å². The molecule has 1 aromatic carbocycles. The Morgan fingerprint density at radius 3 is 2.68 bits per heavy atom. The largest absolute Gasteiger partial charge is 0.301 e. The van der Waals surface area contributed by atoms with Crippen molar-refractivity contribution in [2.75, 3.05) is 13.1 Å². The molecule has 0 unspecified atom stereocenters. The van der Waals surface area contributed by atoms with E-state index in [2.05, 4.69) is 23.8 Å². The van der Waals surface area contributed by atoms with Gasteiger partial charge in [0.1, 0.15) is 5.82 Å². The SMILES string of the molecule is CC(C)N1CCC(n2cc3cc(F)ccc3n2)CC1. The quantitative estimate of drug-likeness (QED) is 0.827. The van der Waals surface area contributed by atoms with E-state index in [4.69, 9.17) is 0 Å². The molecular formula is C15H20FN3. The van der Waals surface area contributed by atoms with E-state index in [-0.39, 0.29) is 5.82 Å². The molecule has 0 bridgehead atoms. The van der Waals surface area contributed by atoms with Gasteiger partial charge in [0, 0.05) is 30.7 Å². The van der Waals surface area contributed by atoms with Gasteiger partial charge in [-0.15, -0.1) is 0 Å². The van der Waals surface area contributed by atoms with Crippen LogP contribution in [-0.2, 0) is 0 Å².